The van der Waals surface area contributed by atoms with Crippen molar-refractivity contribution in [3.05, 3.63) is 23.7 Å². The maximum absolute atomic E-state index is 10.9. The third-order valence-corrected chi connectivity index (χ3v) is 3.32. The van der Waals surface area contributed by atoms with Crippen LogP contribution in [0, 0.1) is 5.41 Å². The summed E-state index contributed by atoms with van der Waals surface area (Å²) in [5.74, 6) is -0.972. The van der Waals surface area contributed by atoms with Crippen molar-refractivity contribution in [1.82, 2.24) is 5.32 Å². The molecule has 0 radical (unpaired) electrons. The zero-order chi connectivity index (χ0) is 14.3. The summed E-state index contributed by atoms with van der Waals surface area (Å²) < 4.78 is 4.95. The number of carboxylic acid groups (broad SMARTS) is 1. The van der Waals surface area contributed by atoms with Crippen molar-refractivity contribution in [3.8, 4) is 0 Å². The second-order valence-corrected chi connectivity index (χ2v) is 5.80. The topological polar surface area (TPSA) is 62.5 Å². The highest BCUT2D eigenvalue weighted by atomic mass is 16.4. The zero-order valence-electron chi connectivity index (χ0n) is 12.2. The summed E-state index contributed by atoms with van der Waals surface area (Å²) >= 11 is 0. The van der Waals surface area contributed by atoms with Crippen LogP contribution in [0.25, 0.3) is 0 Å². The molecule has 0 fully saturated rings. The molecule has 0 saturated heterocycles. The molecule has 4 heteroatoms. The number of unbranched alkanes of at least 4 members (excludes halogenated alkanes) is 2. The van der Waals surface area contributed by atoms with Crippen LogP contribution in [0.1, 0.15) is 62.6 Å². The Morgan fingerprint density at radius 3 is 2.79 bits per heavy atom. The Morgan fingerprint density at radius 2 is 2.16 bits per heavy atom. The second kappa shape index (κ2) is 7.34. The number of carboxylic acids is 1. The second-order valence-electron chi connectivity index (χ2n) is 5.80. The van der Waals surface area contributed by atoms with Crippen molar-refractivity contribution < 1.29 is 14.3 Å². The van der Waals surface area contributed by atoms with Gasteiger partial charge in [0.05, 0.1) is 6.26 Å². The number of nitrogens with one attached hydrogen (secondary N) is 1. The van der Waals surface area contributed by atoms with Gasteiger partial charge in [-0.3, -0.25) is 0 Å². The van der Waals surface area contributed by atoms with Crippen LogP contribution < -0.4 is 5.32 Å². The first-order valence-corrected chi connectivity index (χ1v) is 6.96. The third-order valence-electron chi connectivity index (χ3n) is 3.32. The average molecular weight is 267 g/mol. The molecular formula is C15H25NO3. The fourth-order valence-corrected chi connectivity index (χ4v) is 2.14. The Morgan fingerprint density at radius 1 is 1.42 bits per heavy atom. The van der Waals surface area contributed by atoms with Crippen molar-refractivity contribution in [1.29, 1.82) is 0 Å². The highest BCUT2D eigenvalue weighted by Crippen LogP contribution is 2.23. The molecule has 108 valence electrons. The first-order chi connectivity index (χ1) is 8.96. The van der Waals surface area contributed by atoms with Crippen molar-refractivity contribution in [2.24, 2.45) is 5.41 Å². The summed E-state index contributed by atoms with van der Waals surface area (Å²) in [6, 6.07) is 1.71. The molecular weight excluding hydrogens is 242 g/mol. The summed E-state index contributed by atoms with van der Waals surface area (Å²) in [4.78, 5) is 10.9. The SMILES string of the molecule is CCCCCC(C)(C)CNCc1ccoc1C(=O)O. The smallest absolute Gasteiger partial charge is 0.372 e. The van der Waals surface area contributed by atoms with Crippen LogP contribution in [-0.2, 0) is 6.54 Å². The molecule has 0 aromatic carbocycles. The summed E-state index contributed by atoms with van der Waals surface area (Å²) in [6.45, 7) is 8.10. The number of furan rings is 1. The molecule has 0 amide bonds. The summed E-state index contributed by atoms with van der Waals surface area (Å²) in [5, 5.41) is 12.3. The summed E-state index contributed by atoms with van der Waals surface area (Å²) in [7, 11) is 0. The highest BCUT2D eigenvalue weighted by molar-refractivity contribution is 5.86. The van der Waals surface area contributed by atoms with Crippen LogP contribution in [0.4, 0.5) is 0 Å². The van der Waals surface area contributed by atoms with Gasteiger partial charge in [0, 0.05) is 18.7 Å². The van der Waals surface area contributed by atoms with Gasteiger partial charge in [0.15, 0.2) is 0 Å². The predicted octanol–water partition coefficient (Wildman–Crippen LogP) is 3.67. The zero-order valence-corrected chi connectivity index (χ0v) is 12.2. The quantitative estimate of drug-likeness (QED) is 0.670. The summed E-state index contributed by atoms with van der Waals surface area (Å²) in [6.07, 6.45) is 6.37. The van der Waals surface area contributed by atoms with Crippen LogP contribution in [0.5, 0.6) is 0 Å². The van der Waals surface area contributed by atoms with Gasteiger partial charge in [-0.15, -0.1) is 0 Å². The van der Waals surface area contributed by atoms with E-state index >= 15 is 0 Å². The van der Waals surface area contributed by atoms with Crippen molar-refractivity contribution in [2.45, 2.75) is 53.0 Å². The lowest BCUT2D eigenvalue weighted by Gasteiger charge is -2.25. The molecule has 1 rings (SSSR count). The van der Waals surface area contributed by atoms with Crippen LogP contribution in [-0.4, -0.2) is 17.6 Å². The third kappa shape index (κ3) is 5.47. The van der Waals surface area contributed by atoms with Gasteiger partial charge in [-0.1, -0.05) is 40.0 Å². The molecule has 4 nitrogen and oxygen atoms in total. The van der Waals surface area contributed by atoms with Crippen molar-refractivity contribution >= 4 is 5.97 Å². The molecule has 0 aliphatic heterocycles. The molecule has 0 aliphatic carbocycles. The van der Waals surface area contributed by atoms with Gasteiger partial charge < -0.3 is 14.8 Å². The minimum Gasteiger partial charge on any atom is -0.475 e. The molecule has 0 aliphatic rings. The maximum atomic E-state index is 10.9. The number of hydrogen-bond acceptors (Lipinski definition) is 3. The lowest BCUT2D eigenvalue weighted by atomic mass is 9.87. The molecule has 1 heterocycles. The van der Waals surface area contributed by atoms with Gasteiger partial charge in [-0.2, -0.15) is 0 Å². The van der Waals surface area contributed by atoms with E-state index in [0.717, 1.165) is 6.54 Å². The Bertz CT molecular complexity index is 396. The van der Waals surface area contributed by atoms with E-state index in [1.165, 1.54) is 31.9 Å². The minimum absolute atomic E-state index is 0.0382. The number of hydrogen-bond donors (Lipinski definition) is 2. The largest absolute Gasteiger partial charge is 0.475 e. The maximum Gasteiger partial charge on any atom is 0.372 e. The van der Waals surface area contributed by atoms with Crippen molar-refractivity contribution in [3.63, 3.8) is 0 Å². The first-order valence-electron chi connectivity index (χ1n) is 6.96. The summed E-state index contributed by atoms with van der Waals surface area (Å²) in [5.41, 5.74) is 0.944. The Labute approximate surface area is 115 Å². The van der Waals surface area contributed by atoms with E-state index in [9.17, 15) is 4.79 Å². The molecule has 0 unspecified atom stereocenters. The van der Waals surface area contributed by atoms with E-state index in [2.05, 4.69) is 26.1 Å². The fourth-order valence-electron chi connectivity index (χ4n) is 2.14. The molecule has 0 bridgehead atoms. The van der Waals surface area contributed by atoms with E-state index in [1.807, 2.05) is 0 Å². The number of rotatable bonds is 9. The average Bonchev–Trinajstić information content (AvgIpc) is 2.77. The van der Waals surface area contributed by atoms with Crippen LogP contribution >= 0.6 is 0 Å². The molecule has 0 atom stereocenters. The number of aromatic carboxylic acids is 1. The minimum atomic E-state index is -1.01. The molecule has 2 N–H and O–H groups in total. The van der Waals surface area contributed by atoms with E-state index in [-0.39, 0.29) is 11.2 Å². The molecule has 0 spiro atoms. The Hall–Kier alpha value is -1.29. The van der Waals surface area contributed by atoms with Gasteiger partial charge in [-0.25, -0.2) is 4.79 Å². The van der Waals surface area contributed by atoms with Gasteiger partial charge in [0.1, 0.15) is 0 Å². The molecule has 1 aromatic heterocycles. The lowest BCUT2D eigenvalue weighted by molar-refractivity contribution is 0.0660. The predicted molar refractivity (Wildman–Crippen MR) is 75.3 cm³/mol. The van der Waals surface area contributed by atoms with E-state index < -0.39 is 5.97 Å². The highest BCUT2D eigenvalue weighted by Gasteiger charge is 2.18. The van der Waals surface area contributed by atoms with Gasteiger partial charge in [0.25, 0.3) is 0 Å². The van der Waals surface area contributed by atoms with Crippen LogP contribution in [0.2, 0.25) is 0 Å². The lowest BCUT2D eigenvalue weighted by Crippen LogP contribution is -2.29. The Balaban J connectivity index is 2.36. The van der Waals surface area contributed by atoms with E-state index in [1.54, 1.807) is 6.07 Å². The molecule has 0 saturated carbocycles. The number of carbonyl (C=O) groups is 1. The Kier molecular flexibility index (Phi) is 6.09. The van der Waals surface area contributed by atoms with E-state index in [4.69, 9.17) is 9.52 Å². The normalized spacial score (nSPS) is 11.7. The fraction of sp³-hybridized carbons (Fsp3) is 0.667. The molecule has 1 aromatic rings. The molecule has 19 heavy (non-hydrogen) atoms. The van der Waals surface area contributed by atoms with Crippen LogP contribution in [0.15, 0.2) is 16.7 Å². The van der Waals surface area contributed by atoms with Gasteiger partial charge >= 0.3 is 5.97 Å². The van der Waals surface area contributed by atoms with Gasteiger partial charge in [-0.05, 0) is 17.9 Å². The van der Waals surface area contributed by atoms with Crippen LogP contribution in [0.3, 0.4) is 0 Å². The monoisotopic (exact) mass is 267 g/mol. The van der Waals surface area contributed by atoms with Crippen molar-refractivity contribution in [2.75, 3.05) is 6.54 Å². The van der Waals surface area contributed by atoms with E-state index in [0.29, 0.717) is 12.1 Å². The van der Waals surface area contributed by atoms with Gasteiger partial charge in [0.2, 0.25) is 5.76 Å². The standard InChI is InChI=1S/C15H25NO3/c1-4-5-6-8-15(2,3)11-16-10-12-7-9-19-13(12)14(17)18/h7,9,16H,4-6,8,10-11H2,1-3H3,(H,17,18). The first kappa shape index (κ1) is 15.8.